The van der Waals surface area contributed by atoms with E-state index in [1.807, 2.05) is 38.1 Å². The van der Waals surface area contributed by atoms with Crippen LogP contribution in [0.4, 0.5) is 11.6 Å². The largest absolute Gasteiger partial charge is 0.462 e. The van der Waals surface area contributed by atoms with Gasteiger partial charge in [0.25, 0.3) is 0 Å². The SMILES string of the molecule is CCOC(=O)c1cnn(-c2cc(C)c3cccc(C)c3n2)c1Nc1ncnc2nc[nH]c12. The van der Waals surface area contributed by atoms with Gasteiger partial charge in [0.15, 0.2) is 23.1 Å². The molecule has 4 heterocycles. The molecule has 4 aromatic heterocycles. The van der Waals surface area contributed by atoms with E-state index < -0.39 is 5.97 Å². The van der Waals surface area contributed by atoms with E-state index in [0.29, 0.717) is 28.6 Å². The first kappa shape index (κ1) is 19.6. The molecule has 0 radical (unpaired) electrons. The second-order valence-corrected chi connectivity index (χ2v) is 7.26. The Kier molecular flexibility index (Phi) is 4.74. The van der Waals surface area contributed by atoms with E-state index in [-0.39, 0.29) is 12.2 Å². The molecule has 0 unspecified atom stereocenters. The number of nitrogens with one attached hydrogen (secondary N) is 2. The predicted octanol–water partition coefficient (Wildman–Crippen LogP) is 3.62. The Bertz CT molecular complexity index is 1470. The summed E-state index contributed by atoms with van der Waals surface area (Å²) in [4.78, 5) is 33.1. The number of aromatic nitrogens is 7. The van der Waals surface area contributed by atoms with Crippen molar-refractivity contribution < 1.29 is 9.53 Å². The van der Waals surface area contributed by atoms with Gasteiger partial charge in [-0.1, -0.05) is 18.2 Å². The Morgan fingerprint density at radius 2 is 2.06 bits per heavy atom. The minimum absolute atomic E-state index is 0.244. The Hall–Kier alpha value is -4.34. The van der Waals surface area contributed by atoms with Crippen LogP contribution in [0.3, 0.4) is 0 Å². The summed E-state index contributed by atoms with van der Waals surface area (Å²) in [7, 11) is 0. The van der Waals surface area contributed by atoms with Gasteiger partial charge in [-0.2, -0.15) is 9.78 Å². The number of hydrogen-bond acceptors (Lipinski definition) is 8. The molecule has 0 atom stereocenters. The monoisotopic (exact) mass is 428 g/mol. The van der Waals surface area contributed by atoms with Crippen LogP contribution in [-0.4, -0.2) is 47.3 Å². The summed E-state index contributed by atoms with van der Waals surface area (Å²) in [5.74, 6) is 0.911. The summed E-state index contributed by atoms with van der Waals surface area (Å²) < 4.78 is 6.81. The number of para-hydroxylation sites is 1. The van der Waals surface area contributed by atoms with Gasteiger partial charge in [0.1, 0.15) is 17.4 Å². The van der Waals surface area contributed by atoms with Crippen LogP contribution in [0.5, 0.6) is 0 Å². The van der Waals surface area contributed by atoms with Crippen LogP contribution in [0.25, 0.3) is 27.9 Å². The number of rotatable bonds is 5. The maximum Gasteiger partial charge on any atom is 0.343 e. The van der Waals surface area contributed by atoms with Crippen LogP contribution in [0, 0.1) is 13.8 Å². The van der Waals surface area contributed by atoms with Crippen molar-refractivity contribution in [3.8, 4) is 5.82 Å². The summed E-state index contributed by atoms with van der Waals surface area (Å²) in [5.41, 5.74) is 4.35. The molecular formula is C22H20N8O2. The predicted molar refractivity (Wildman–Crippen MR) is 119 cm³/mol. The van der Waals surface area contributed by atoms with Gasteiger partial charge >= 0.3 is 5.97 Å². The molecule has 0 aliphatic heterocycles. The van der Waals surface area contributed by atoms with Gasteiger partial charge in [-0.25, -0.2) is 24.7 Å². The topological polar surface area (TPSA) is 124 Å². The molecule has 0 spiro atoms. The van der Waals surface area contributed by atoms with E-state index in [1.165, 1.54) is 18.9 Å². The number of aryl methyl sites for hydroxylation is 2. The zero-order chi connectivity index (χ0) is 22.2. The maximum atomic E-state index is 12.7. The summed E-state index contributed by atoms with van der Waals surface area (Å²) in [6.07, 6.45) is 4.40. The fourth-order valence-electron chi connectivity index (χ4n) is 3.62. The Morgan fingerprint density at radius 1 is 1.19 bits per heavy atom. The van der Waals surface area contributed by atoms with Gasteiger partial charge in [0.2, 0.25) is 0 Å². The van der Waals surface area contributed by atoms with Crippen molar-refractivity contribution in [2.75, 3.05) is 11.9 Å². The molecule has 0 saturated heterocycles. The summed E-state index contributed by atoms with van der Waals surface area (Å²) in [5, 5.41) is 8.73. The van der Waals surface area contributed by atoms with Gasteiger partial charge in [-0.05, 0) is 38.0 Å². The molecule has 160 valence electrons. The van der Waals surface area contributed by atoms with Gasteiger partial charge in [-0.3, -0.25) is 0 Å². The first-order valence-electron chi connectivity index (χ1n) is 10.1. The van der Waals surface area contributed by atoms with E-state index in [2.05, 4.69) is 30.4 Å². The molecule has 5 aromatic rings. The third-order valence-electron chi connectivity index (χ3n) is 5.18. The van der Waals surface area contributed by atoms with E-state index in [4.69, 9.17) is 9.72 Å². The number of carbonyl (C=O) groups excluding carboxylic acids is 1. The molecule has 32 heavy (non-hydrogen) atoms. The summed E-state index contributed by atoms with van der Waals surface area (Å²) in [6.45, 7) is 6.04. The average molecular weight is 428 g/mol. The zero-order valence-electron chi connectivity index (χ0n) is 17.7. The molecule has 0 bridgehead atoms. The molecule has 1 aromatic carbocycles. The van der Waals surface area contributed by atoms with Gasteiger partial charge < -0.3 is 15.0 Å². The second-order valence-electron chi connectivity index (χ2n) is 7.26. The summed E-state index contributed by atoms with van der Waals surface area (Å²) in [6, 6.07) is 7.99. The number of imidazole rings is 1. The zero-order valence-corrected chi connectivity index (χ0v) is 17.7. The smallest absolute Gasteiger partial charge is 0.343 e. The highest BCUT2D eigenvalue weighted by molar-refractivity contribution is 5.97. The Balaban J connectivity index is 1.70. The molecule has 5 rings (SSSR count). The van der Waals surface area contributed by atoms with Crippen molar-refractivity contribution in [2.24, 2.45) is 0 Å². The second kappa shape index (κ2) is 7.73. The first-order valence-corrected chi connectivity index (χ1v) is 10.1. The minimum Gasteiger partial charge on any atom is -0.462 e. The number of H-pyrrole nitrogens is 1. The normalized spacial score (nSPS) is 11.2. The molecular weight excluding hydrogens is 408 g/mol. The Labute approximate surface area is 182 Å². The van der Waals surface area contributed by atoms with Gasteiger partial charge in [-0.15, -0.1) is 0 Å². The fraction of sp³-hybridized carbons (Fsp3) is 0.182. The number of nitrogens with zero attached hydrogens (tertiary/aromatic N) is 6. The number of fused-ring (bicyclic) bond motifs is 2. The molecule has 0 aliphatic rings. The van der Waals surface area contributed by atoms with Crippen molar-refractivity contribution >= 4 is 39.7 Å². The van der Waals surface area contributed by atoms with Crippen molar-refractivity contribution in [2.45, 2.75) is 20.8 Å². The lowest BCUT2D eigenvalue weighted by Crippen LogP contribution is -2.11. The van der Waals surface area contributed by atoms with Gasteiger partial charge in [0.05, 0.1) is 24.6 Å². The van der Waals surface area contributed by atoms with Crippen LogP contribution >= 0.6 is 0 Å². The summed E-state index contributed by atoms with van der Waals surface area (Å²) >= 11 is 0. The van der Waals surface area contributed by atoms with E-state index in [0.717, 1.165) is 22.0 Å². The first-order chi connectivity index (χ1) is 15.6. The highest BCUT2D eigenvalue weighted by Crippen LogP contribution is 2.28. The van der Waals surface area contributed by atoms with E-state index in [9.17, 15) is 4.79 Å². The van der Waals surface area contributed by atoms with Gasteiger partial charge in [0, 0.05) is 5.39 Å². The lowest BCUT2D eigenvalue weighted by Gasteiger charge is -2.13. The van der Waals surface area contributed by atoms with Crippen molar-refractivity contribution in [3.05, 3.63) is 59.8 Å². The lowest BCUT2D eigenvalue weighted by atomic mass is 10.1. The van der Waals surface area contributed by atoms with E-state index >= 15 is 0 Å². The standard InChI is InChI=1S/C22H20N8O2/c1-4-32-22(31)15-9-27-30(16-8-13(3)14-7-5-6-12(2)17(14)28-16)21(15)29-20-18-19(24-10-23-18)25-11-26-20/h5-11H,4H2,1-3H3,(H2,23,24,25,26,29). The third kappa shape index (κ3) is 3.22. The fourth-order valence-corrected chi connectivity index (χ4v) is 3.62. The van der Waals surface area contributed by atoms with E-state index in [1.54, 1.807) is 11.6 Å². The number of hydrogen-bond donors (Lipinski definition) is 2. The van der Waals surface area contributed by atoms with Crippen molar-refractivity contribution in [1.29, 1.82) is 0 Å². The molecule has 0 saturated carbocycles. The number of carbonyl (C=O) groups is 1. The van der Waals surface area contributed by atoms with Crippen LogP contribution in [0.15, 0.2) is 43.1 Å². The third-order valence-corrected chi connectivity index (χ3v) is 5.18. The quantitative estimate of drug-likeness (QED) is 0.407. The molecule has 0 aliphatic carbocycles. The molecule has 0 fully saturated rings. The molecule has 2 N–H and O–H groups in total. The molecule has 0 amide bonds. The Morgan fingerprint density at radius 3 is 2.91 bits per heavy atom. The maximum absolute atomic E-state index is 12.7. The minimum atomic E-state index is -0.496. The van der Waals surface area contributed by atoms with Crippen LogP contribution < -0.4 is 5.32 Å². The molecule has 10 nitrogen and oxygen atoms in total. The van der Waals surface area contributed by atoms with Crippen LogP contribution in [-0.2, 0) is 4.74 Å². The highest BCUT2D eigenvalue weighted by atomic mass is 16.5. The molecule has 10 heteroatoms. The van der Waals surface area contributed by atoms with Crippen molar-refractivity contribution in [1.82, 2.24) is 34.7 Å². The number of benzene rings is 1. The number of ether oxygens (including phenoxy) is 1. The lowest BCUT2D eigenvalue weighted by molar-refractivity contribution is 0.0527. The van der Waals surface area contributed by atoms with Crippen LogP contribution in [0.2, 0.25) is 0 Å². The number of aromatic amines is 1. The van der Waals surface area contributed by atoms with Crippen molar-refractivity contribution in [3.63, 3.8) is 0 Å². The number of anilines is 2. The van der Waals surface area contributed by atoms with Crippen LogP contribution in [0.1, 0.15) is 28.4 Å². The highest BCUT2D eigenvalue weighted by Gasteiger charge is 2.22. The average Bonchev–Trinajstić information content (AvgIpc) is 3.42. The number of pyridine rings is 1. The number of esters is 1.